The van der Waals surface area contributed by atoms with Crippen LogP contribution in [0.2, 0.25) is 5.02 Å². The summed E-state index contributed by atoms with van der Waals surface area (Å²) < 4.78 is 6.05. The predicted octanol–water partition coefficient (Wildman–Crippen LogP) is 5.07. The van der Waals surface area contributed by atoms with E-state index in [1.54, 1.807) is 0 Å². The van der Waals surface area contributed by atoms with Gasteiger partial charge in [0.1, 0.15) is 11.3 Å². The molecule has 0 saturated heterocycles. The second-order valence-electron chi connectivity index (χ2n) is 5.27. The fraction of sp³-hybridized carbons (Fsp3) is 0.500. The third-order valence-corrected chi connectivity index (χ3v) is 4.28. The van der Waals surface area contributed by atoms with Crippen molar-refractivity contribution in [3.63, 3.8) is 0 Å². The normalized spacial score (nSPS) is 13.2. The molecule has 3 heteroatoms. The van der Waals surface area contributed by atoms with Gasteiger partial charge < -0.3 is 9.73 Å². The molecule has 0 aliphatic rings. The third kappa shape index (κ3) is 2.52. The quantitative estimate of drug-likeness (QED) is 0.845. The maximum atomic E-state index is 6.34. The Morgan fingerprint density at radius 2 is 1.95 bits per heavy atom. The number of benzene rings is 1. The Bertz CT molecular complexity index is 601. The highest BCUT2D eigenvalue weighted by Crippen LogP contribution is 2.36. The van der Waals surface area contributed by atoms with Crippen LogP contribution in [0.3, 0.4) is 0 Å². The van der Waals surface area contributed by atoms with E-state index in [0.29, 0.717) is 0 Å². The van der Waals surface area contributed by atoms with Gasteiger partial charge in [-0.25, -0.2) is 0 Å². The van der Waals surface area contributed by atoms with Crippen LogP contribution in [-0.2, 0) is 0 Å². The highest BCUT2D eigenvalue weighted by atomic mass is 35.5. The van der Waals surface area contributed by atoms with Gasteiger partial charge in [0.25, 0.3) is 0 Å². The SMILES string of the molecule is CCCNC(C)c1oc2cc(C)c(Cl)c(C)c2c1C. The summed E-state index contributed by atoms with van der Waals surface area (Å²) in [6.07, 6.45) is 1.12. The number of hydrogen-bond donors (Lipinski definition) is 1. The van der Waals surface area contributed by atoms with Crippen LogP contribution < -0.4 is 5.32 Å². The predicted molar refractivity (Wildman–Crippen MR) is 82.1 cm³/mol. The Morgan fingerprint density at radius 3 is 2.58 bits per heavy atom. The molecular formula is C16H22ClNO. The number of fused-ring (bicyclic) bond motifs is 1. The molecule has 0 amide bonds. The van der Waals surface area contributed by atoms with Crippen LogP contribution >= 0.6 is 11.6 Å². The Kier molecular flexibility index (Phi) is 4.22. The molecule has 1 atom stereocenters. The van der Waals surface area contributed by atoms with Crippen molar-refractivity contribution in [2.75, 3.05) is 6.54 Å². The average molecular weight is 280 g/mol. The molecule has 0 aliphatic carbocycles. The van der Waals surface area contributed by atoms with Gasteiger partial charge in [0.05, 0.1) is 6.04 Å². The smallest absolute Gasteiger partial charge is 0.135 e. The topological polar surface area (TPSA) is 25.2 Å². The number of nitrogens with one attached hydrogen (secondary N) is 1. The molecule has 1 aromatic carbocycles. The van der Waals surface area contributed by atoms with E-state index >= 15 is 0 Å². The first-order valence-electron chi connectivity index (χ1n) is 6.89. The number of rotatable bonds is 4. The largest absolute Gasteiger partial charge is 0.459 e. The Labute approximate surface area is 120 Å². The molecule has 1 N–H and O–H groups in total. The fourth-order valence-corrected chi connectivity index (χ4v) is 2.80. The van der Waals surface area contributed by atoms with E-state index in [1.165, 1.54) is 5.56 Å². The molecule has 19 heavy (non-hydrogen) atoms. The first-order chi connectivity index (χ1) is 8.97. The van der Waals surface area contributed by atoms with E-state index in [4.69, 9.17) is 16.0 Å². The highest BCUT2D eigenvalue weighted by molar-refractivity contribution is 6.33. The molecule has 0 fully saturated rings. The van der Waals surface area contributed by atoms with Crippen LogP contribution in [0.4, 0.5) is 0 Å². The second kappa shape index (κ2) is 5.56. The van der Waals surface area contributed by atoms with E-state index in [0.717, 1.165) is 45.8 Å². The molecule has 0 aliphatic heterocycles. The van der Waals surface area contributed by atoms with Crippen molar-refractivity contribution in [2.24, 2.45) is 0 Å². The molecule has 0 saturated carbocycles. The number of aryl methyl sites for hydroxylation is 3. The summed E-state index contributed by atoms with van der Waals surface area (Å²) in [4.78, 5) is 0. The minimum absolute atomic E-state index is 0.228. The summed E-state index contributed by atoms with van der Waals surface area (Å²) in [5.74, 6) is 1.02. The Hall–Kier alpha value is -0.990. The molecule has 0 radical (unpaired) electrons. The van der Waals surface area contributed by atoms with Gasteiger partial charge in [0, 0.05) is 16.0 Å². The molecule has 1 aromatic heterocycles. The molecular weight excluding hydrogens is 258 g/mol. The molecule has 2 nitrogen and oxygen atoms in total. The zero-order valence-corrected chi connectivity index (χ0v) is 13.1. The number of halogens is 1. The van der Waals surface area contributed by atoms with E-state index in [2.05, 4.69) is 33.0 Å². The molecule has 1 heterocycles. The van der Waals surface area contributed by atoms with Gasteiger partial charge in [-0.1, -0.05) is 18.5 Å². The lowest BCUT2D eigenvalue weighted by Crippen LogP contribution is -2.19. The third-order valence-electron chi connectivity index (χ3n) is 3.70. The van der Waals surface area contributed by atoms with Gasteiger partial charge in [0.2, 0.25) is 0 Å². The van der Waals surface area contributed by atoms with Crippen LogP contribution in [0.25, 0.3) is 11.0 Å². The fourth-order valence-electron chi connectivity index (χ4n) is 2.65. The van der Waals surface area contributed by atoms with Crippen LogP contribution in [0.5, 0.6) is 0 Å². The van der Waals surface area contributed by atoms with E-state index in [1.807, 2.05) is 13.0 Å². The lowest BCUT2D eigenvalue weighted by Gasteiger charge is -2.11. The lowest BCUT2D eigenvalue weighted by molar-refractivity contribution is 0.448. The van der Waals surface area contributed by atoms with Gasteiger partial charge in [-0.2, -0.15) is 0 Å². The van der Waals surface area contributed by atoms with Crippen LogP contribution in [-0.4, -0.2) is 6.54 Å². The first kappa shape index (κ1) is 14.4. The highest BCUT2D eigenvalue weighted by Gasteiger charge is 2.19. The van der Waals surface area contributed by atoms with Crippen molar-refractivity contribution in [1.82, 2.24) is 5.32 Å². The van der Waals surface area contributed by atoms with Crippen molar-refractivity contribution < 1.29 is 4.42 Å². The molecule has 2 aromatic rings. The maximum absolute atomic E-state index is 6.34. The lowest BCUT2D eigenvalue weighted by atomic mass is 10.0. The van der Waals surface area contributed by atoms with Crippen LogP contribution in [0, 0.1) is 20.8 Å². The summed E-state index contributed by atoms with van der Waals surface area (Å²) in [5.41, 5.74) is 4.33. The minimum Gasteiger partial charge on any atom is -0.459 e. The van der Waals surface area contributed by atoms with Crippen LogP contribution in [0.15, 0.2) is 10.5 Å². The molecule has 0 bridgehead atoms. The summed E-state index contributed by atoms with van der Waals surface area (Å²) >= 11 is 6.34. The van der Waals surface area contributed by atoms with Gasteiger partial charge >= 0.3 is 0 Å². The summed E-state index contributed by atoms with van der Waals surface area (Å²) in [7, 11) is 0. The van der Waals surface area contributed by atoms with Crippen LogP contribution in [0.1, 0.15) is 48.8 Å². The van der Waals surface area contributed by atoms with Gasteiger partial charge in [-0.05, 0) is 57.9 Å². The number of furan rings is 1. The number of hydrogen-bond acceptors (Lipinski definition) is 2. The zero-order chi connectivity index (χ0) is 14.2. The van der Waals surface area contributed by atoms with Crippen molar-refractivity contribution in [3.05, 3.63) is 33.5 Å². The summed E-state index contributed by atoms with van der Waals surface area (Å²) in [5, 5.41) is 5.48. The minimum atomic E-state index is 0.228. The van der Waals surface area contributed by atoms with Crippen molar-refractivity contribution >= 4 is 22.6 Å². The second-order valence-corrected chi connectivity index (χ2v) is 5.65. The Balaban J connectivity index is 2.54. The summed E-state index contributed by atoms with van der Waals surface area (Å²) in [6.45, 7) is 11.5. The Morgan fingerprint density at radius 1 is 1.26 bits per heavy atom. The van der Waals surface area contributed by atoms with Gasteiger partial charge in [-0.15, -0.1) is 0 Å². The average Bonchev–Trinajstić information content (AvgIpc) is 2.70. The molecule has 104 valence electrons. The molecule has 1 unspecified atom stereocenters. The standard InChI is InChI=1S/C16H22ClNO/c1-6-7-18-12(5)16-11(4)14-10(3)15(17)9(2)8-13(14)19-16/h8,12,18H,6-7H2,1-5H3. The van der Waals surface area contributed by atoms with E-state index in [9.17, 15) is 0 Å². The first-order valence-corrected chi connectivity index (χ1v) is 7.27. The zero-order valence-electron chi connectivity index (χ0n) is 12.4. The van der Waals surface area contributed by atoms with Crippen molar-refractivity contribution in [3.8, 4) is 0 Å². The van der Waals surface area contributed by atoms with Gasteiger partial charge in [-0.3, -0.25) is 0 Å². The van der Waals surface area contributed by atoms with Crippen molar-refractivity contribution in [2.45, 2.75) is 47.1 Å². The van der Waals surface area contributed by atoms with E-state index < -0.39 is 0 Å². The van der Waals surface area contributed by atoms with Crippen molar-refractivity contribution in [1.29, 1.82) is 0 Å². The monoisotopic (exact) mass is 279 g/mol. The summed E-state index contributed by atoms with van der Waals surface area (Å²) in [6, 6.07) is 2.26. The van der Waals surface area contributed by atoms with E-state index in [-0.39, 0.29) is 6.04 Å². The molecule has 2 rings (SSSR count). The van der Waals surface area contributed by atoms with Gasteiger partial charge in [0.15, 0.2) is 0 Å². The maximum Gasteiger partial charge on any atom is 0.135 e. The molecule has 0 spiro atoms.